The Morgan fingerprint density at radius 2 is 1.78 bits per heavy atom. The number of para-hydroxylation sites is 1. The number of amides is 2. The average Bonchev–Trinajstić information content (AvgIpc) is 3.42. The van der Waals surface area contributed by atoms with Crippen LogP contribution in [0.5, 0.6) is 0 Å². The minimum Gasteiger partial charge on any atom is -0.373 e. The maximum absolute atomic E-state index is 15.6. The Morgan fingerprint density at radius 1 is 1.07 bits per heavy atom. The lowest BCUT2D eigenvalue weighted by Gasteiger charge is -2.22. The van der Waals surface area contributed by atoms with Crippen molar-refractivity contribution >= 4 is 44.4 Å². The minimum absolute atomic E-state index is 0.00400. The maximum Gasteiger partial charge on any atom is 0.353 e. The zero-order valence-electron chi connectivity index (χ0n) is 25.5. The number of fused-ring (bicyclic) bond motifs is 1. The van der Waals surface area contributed by atoms with Crippen LogP contribution in [-0.2, 0) is 21.4 Å². The summed E-state index contributed by atoms with van der Waals surface area (Å²) in [7, 11) is -1.03. The molecule has 0 aliphatic carbocycles. The molecular weight excluding hydrogens is 601 g/mol. The summed E-state index contributed by atoms with van der Waals surface area (Å²) in [5, 5.41) is 11.1. The van der Waals surface area contributed by atoms with Crippen LogP contribution in [0.15, 0.2) is 71.7 Å². The van der Waals surface area contributed by atoms with Crippen LogP contribution in [0, 0.1) is 12.7 Å². The molecule has 0 atom stereocenters. The molecule has 0 aliphatic rings. The van der Waals surface area contributed by atoms with Crippen molar-refractivity contribution in [2.45, 2.75) is 26.7 Å². The quantitative estimate of drug-likeness (QED) is 0.219. The van der Waals surface area contributed by atoms with Crippen LogP contribution in [0.2, 0.25) is 0 Å². The molecule has 0 radical (unpaired) electrons. The molecule has 0 fully saturated rings. The molecule has 2 N–H and O–H groups in total. The van der Waals surface area contributed by atoms with E-state index in [0.717, 1.165) is 12.3 Å². The molecule has 3 aromatic heterocycles. The Kier molecular flexibility index (Phi) is 8.45. The number of aryl methyl sites for hydroxylation is 2. The van der Waals surface area contributed by atoms with E-state index in [1.807, 2.05) is 19.9 Å². The van der Waals surface area contributed by atoms with E-state index in [-0.39, 0.29) is 22.9 Å². The van der Waals surface area contributed by atoms with Gasteiger partial charge in [0, 0.05) is 43.4 Å². The second-order valence-electron chi connectivity index (χ2n) is 10.8. The molecule has 0 aliphatic heterocycles. The fraction of sp³-hybridized carbons (Fsp3) is 0.226. The lowest BCUT2D eigenvalue weighted by atomic mass is 9.99. The molecule has 12 nitrogen and oxygen atoms in total. The van der Waals surface area contributed by atoms with Gasteiger partial charge in [-0.15, -0.1) is 9.35 Å². The van der Waals surface area contributed by atoms with Gasteiger partial charge >= 0.3 is 6.03 Å². The number of benzene rings is 2. The predicted molar refractivity (Wildman–Crippen MR) is 172 cm³/mol. The Labute approximate surface area is 259 Å². The largest absolute Gasteiger partial charge is 0.373 e. The summed E-state index contributed by atoms with van der Waals surface area (Å²) in [6.45, 7) is 5.46. The summed E-state index contributed by atoms with van der Waals surface area (Å²) >= 11 is 0. The molecule has 0 saturated heterocycles. The van der Waals surface area contributed by atoms with E-state index < -0.39 is 33.2 Å². The van der Waals surface area contributed by atoms with E-state index in [4.69, 9.17) is 4.28 Å². The van der Waals surface area contributed by atoms with E-state index in [9.17, 15) is 18.0 Å². The SMILES string of the molecule is CNc1cc2c(cn1)cc(-c1cc(N(OS(C)(=O)=O)C(=O)Nc3cc(C(C)C)nn3-c3ccccc3)c(F)cc1C)c(=O)n2C. The van der Waals surface area contributed by atoms with E-state index in [1.54, 1.807) is 69.7 Å². The first-order valence-corrected chi connectivity index (χ1v) is 15.7. The number of carbonyl (C=O) groups excluding carboxylic acids is 1. The zero-order chi connectivity index (χ0) is 32.6. The third-order valence-corrected chi connectivity index (χ3v) is 7.54. The number of nitrogens with zero attached hydrogens (tertiary/aromatic N) is 5. The second-order valence-corrected chi connectivity index (χ2v) is 12.3. The van der Waals surface area contributed by atoms with Gasteiger partial charge in [0.1, 0.15) is 23.1 Å². The van der Waals surface area contributed by atoms with Gasteiger partial charge in [-0.3, -0.25) is 10.1 Å². The standard InChI is InChI=1S/C31H32FN7O5S/c1-18(2)25-15-29(38(36-25)21-10-8-7-9-11-21)35-31(41)39(44-45(6,42)43)27-14-22(19(3)12-24(27)32)23-13-20-17-34-28(33-4)16-26(20)37(5)30(23)40/h7-18H,1-6H3,(H,33,34)(H,35,41). The highest BCUT2D eigenvalue weighted by Crippen LogP contribution is 2.32. The van der Waals surface area contributed by atoms with Gasteiger partial charge in [-0.05, 0) is 54.3 Å². The molecule has 0 bridgehead atoms. The highest BCUT2D eigenvalue weighted by atomic mass is 32.2. The van der Waals surface area contributed by atoms with Gasteiger partial charge in [0.05, 0.1) is 23.2 Å². The molecule has 2 amide bonds. The molecule has 234 valence electrons. The molecule has 45 heavy (non-hydrogen) atoms. The fourth-order valence-electron chi connectivity index (χ4n) is 4.82. The lowest BCUT2D eigenvalue weighted by molar-refractivity contribution is 0.225. The minimum atomic E-state index is -4.34. The molecule has 0 spiro atoms. The van der Waals surface area contributed by atoms with E-state index in [2.05, 4.69) is 20.7 Å². The van der Waals surface area contributed by atoms with Crippen LogP contribution in [-0.4, -0.2) is 47.1 Å². The first kappa shape index (κ1) is 31.3. The number of aromatic nitrogens is 4. The number of nitrogens with one attached hydrogen (secondary N) is 2. The molecule has 3 heterocycles. The number of carbonyl (C=O) groups is 1. The van der Waals surface area contributed by atoms with Crippen molar-refractivity contribution in [3.63, 3.8) is 0 Å². The van der Waals surface area contributed by atoms with Crippen LogP contribution in [0.4, 0.5) is 26.5 Å². The monoisotopic (exact) mass is 633 g/mol. The third kappa shape index (κ3) is 6.42. The van der Waals surface area contributed by atoms with Crippen molar-refractivity contribution in [3.05, 3.63) is 94.3 Å². The van der Waals surface area contributed by atoms with Gasteiger partial charge in [-0.1, -0.05) is 32.0 Å². The van der Waals surface area contributed by atoms with Gasteiger partial charge in [-0.2, -0.15) is 13.5 Å². The molecular formula is C31H32FN7O5S. The van der Waals surface area contributed by atoms with Crippen LogP contribution in [0.25, 0.3) is 27.7 Å². The number of anilines is 3. The first-order chi connectivity index (χ1) is 21.3. The highest BCUT2D eigenvalue weighted by molar-refractivity contribution is 7.86. The predicted octanol–water partition coefficient (Wildman–Crippen LogP) is 5.33. The molecule has 2 aromatic carbocycles. The van der Waals surface area contributed by atoms with Crippen LogP contribution in [0.3, 0.4) is 0 Å². The Balaban J connectivity index is 1.63. The number of halogens is 1. The third-order valence-electron chi connectivity index (χ3n) is 7.12. The van der Waals surface area contributed by atoms with Crippen molar-refractivity contribution in [2.24, 2.45) is 7.05 Å². The van der Waals surface area contributed by atoms with Crippen molar-refractivity contribution in [3.8, 4) is 16.8 Å². The number of hydrogen-bond acceptors (Lipinski definition) is 8. The van der Waals surface area contributed by atoms with E-state index >= 15 is 4.39 Å². The smallest absolute Gasteiger partial charge is 0.353 e. The van der Waals surface area contributed by atoms with Gasteiger partial charge < -0.3 is 9.88 Å². The van der Waals surface area contributed by atoms with Gasteiger partial charge in [-0.25, -0.2) is 18.9 Å². The lowest BCUT2D eigenvalue weighted by Crippen LogP contribution is -2.38. The van der Waals surface area contributed by atoms with Crippen molar-refractivity contribution < 1.29 is 21.9 Å². The Morgan fingerprint density at radius 3 is 2.42 bits per heavy atom. The van der Waals surface area contributed by atoms with Crippen molar-refractivity contribution in [2.75, 3.05) is 29.0 Å². The molecule has 5 aromatic rings. The Hall–Kier alpha value is -5.08. The van der Waals surface area contributed by atoms with Crippen LogP contribution >= 0.6 is 0 Å². The molecule has 5 rings (SSSR count). The summed E-state index contributed by atoms with van der Waals surface area (Å²) in [6, 6.07) is 15.2. The van der Waals surface area contributed by atoms with Gasteiger partial charge in [0.25, 0.3) is 15.7 Å². The van der Waals surface area contributed by atoms with E-state index in [1.165, 1.54) is 15.3 Å². The second kappa shape index (κ2) is 12.1. The topological polar surface area (TPSA) is 140 Å². The first-order valence-electron chi connectivity index (χ1n) is 13.9. The summed E-state index contributed by atoms with van der Waals surface area (Å²) in [5.74, 6) is -0.191. The number of hydroxylamine groups is 1. The number of pyridine rings is 2. The highest BCUT2D eigenvalue weighted by Gasteiger charge is 2.28. The molecule has 14 heteroatoms. The van der Waals surface area contributed by atoms with Gasteiger partial charge in [0.15, 0.2) is 0 Å². The number of hydrogen-bond donors (Lipinski definition) is 2. The van der Waals surface area contributed by atoms with Crippen LogP contribution in [0.1, 0.15) is 31.0 Å². The van der Waals surface area contributed by atoms with Crippen LogP contribution < -0.4 is 21.3 Å². The van der Waals surface area contributed by atoms with Gasteiger partial charge in [0.2, 0.25) is 0 Å². The molecule has 0 saturated carbocycles. The van der Waals surface area contributed by atoms with Crippen molar-refractivity contribution in [1.29, 1.82) is 0 Å². The zero-order valence-corrected chi connectivity index (χ0v) is 26.3. The Bertz CT molecular complexity index is 2090. The maximum atomic E-state index is 15.6. The number of rotatable bonds is 8. The summed E-state index contributed by atoms with van der Waals surface area (Å²) in [5.41, 5.74) is 1.78. The number of urea groups is 1. The summed E-state index contributed by atoms with van der Waals surface area (Å²) in [6.07, 6.45) is 2.33. The summed E-state index contributed by atoms with van der Waals surface area (Å²) in [4.78, 5) is 31.6. The summed E-state index contributed by atoms with van der Waals surface area (Å²) < 4.78 is 48.3. The molecule has 0 unspecified atom stereocenters. The fourth-order valence-corrected chi connectivity index (χ4v) is 5.24. The van der Waals surface area contributed by atoms with Crippen molar-refractivity contribution in [1.82, 2.24) is 19.3 Å². The normalized spacial score (nSPS) is 11.6. The van der Waals surface area contributed by atoms with E-state index in [0.29, 0.717) is 38.7 Å². The average molecular weight is 634 g/mol.